The summed E-state index contributed by atoms with van der Waals surface area (Å²) in [6, 6.07) is 1.61. The predicted octanol–water partition coefficient (Wildman–Crippen LogP) is 3.19. The summed E-state index contributed by atoms with van der Waals surface area (Å²) in [7, 11) is 1.87. The Labute approximate surface area is 83.0 Å². The van der Waals surface area contributed by atoms with Gasteiger partial charge in [0.1, 0.15) is 5.82 Å². The Kier molecular flexibility index (Phi) is 3.09. The average Bonchev–Trinajstić information content (AvgIpc) is 2.35. The fourth-order valence-corrected chi connectivity index (χ4v) is 2.59. The molecule has 0 amide bonds. The average molecular weight is 201 g/mol. The van der Waals surface area contributed by atoms with Crippen molar-refractivity contribution in [3.8, 4) is 0 Å². The van der Waals surface area contributed by atoms with E-state index in [9.17, 15) is 4.39 Å². The number of hydrogen-bond donors (Lipinski definition) is 1. The van der Waals surface area contributed by atoms with Crippen LogP contribution >= 0.6 is 11.3 Å². The van der Waals surface area contributed by atoms with Crippen molar-refractivity contribution in [2.24, 2.45) is 5.41 Å². The first-order valence-corrected chi connectivity index (χ1v) is 5.25. The van der Waals surface area contributed by atoms with Crippen LogP contribution in [0.1, 0.15) is 31.7 Å². The molecule has 74 valence electrons. The molecule has 0 bridgehead atoms. The van der Waals surface area contributed by atoms with Gasteiger partial charge in [-0.3, -0.25) is 0 Å². The number of nitrogens with one attached hydrogen (secondary N) is 1. The Morgan fingerprint density at radius 1 is 1.46 bits per heavy atom. The lowest BCUT2D eigenvalue weighted by molar-refractivity contribution is 0.285. The Morgan fingerprint density at radius 3 is 2.38 bits per heavy atom. The summed E-state index contributed by atoms with van der Waals surface area (Å²) < 4.78 is 13.3. The third kappa shape index (κ3) is 2.29. The lowest BCUT2D eigenvalue weighted by Gasteiger charge is -2.29. The zero-order valence-electron chi connectivity index (χ0n) is 8.52. The monoisotopic (exact) mass is 201 g/mol. The zero-order valence-corrected chi connectivity index (χ0v) is 9.33. The third-order valence-electron chi connectivity index (χ3n) is 2.06. The number of thiophene rings is 1. The van der Waals surface area contributed by atoms with Gasteiger partial charge in [-0.05, 0) is 23.9 Å². The molecule has 3 heteroatoms. The van der Waals surface area contributed by atoms with Crippen LogP contribution in [0.4, 0.5) is 4.39 Å². The highest BCUT2D eigenvalue weighted by Crippen LogP contribution is 2.36. The Hall–Kier alpha value is -0.410. The maximum Gasteiger partial charge on any atom is 0.138 e. The summed E-state index contributed by atoms with van der Waals surface area (Å²) in [5.41, 5.74) is 0.0421. The highest BCUT2D eigenvalue weighted by atomic mass is 32.1. The maximum atomic E-state index is 13.3. The van der Waals surface area contributed by atoms with Gasteiger partial charge in [0.2, 0.25) is 0 Å². The highest BCUT2D eigenvalue weighted by Gasteiger charge is 2.27. The molecule has 0 aliphatic heterocycles. The van der Waals surface area contributed by atoms with Crippen LogP contribution in [0.25, 0.3) is 0 Å². The van der Waals surface area contributed by atoms with Crippen molar-refractivity contribution in [1.82, 2.24) is 5.32 Å². The quantitative estimate of drug-likeness (QED) is 0.775. The molecule has 1 atom stereocenters. The molecule has 0 aromatic carbocycles. The van der Waals surface area contributed by atoms with Gasteiger partial charge in [0.15, 0.2) is 0 Å². The van der Waals surface area contributed by atoms with E-state index >= 15 is 0 Å². The molecule has 0 spiro atoms. The van der Waals surface area contributed by atoms with Gasteiger partial charge in [0.05, 0.1) is 4.88 Å². The molecule has 0 saturated heterocycles. The second kappa shape index (κ2) is 3.76. The molecule has 1 nitrogen and oxygen atoms in total. The van der Waals surface area contributed by atoms with Crippen molar-refractivity contribution in [3.63, 3.8) is 0 Å². The molecule has 0 aliphatic carbocycles. The molecule has 0 saturated carbocycles. The van der Waals surface area contributed by atoms with Crippen molar-refractivity contribution >= 4 is 11.3 Å². The van der Waals surface area contributed by atoms with Crippen molar-refractivity contribution in [3.05, 3.63) is 22.1 Å². The van der Waals surface area contributed by atoms with E-state index in [2.05, 4.69) is 26.1 Å². The Morgan fingerprint density at radius 2 is 2.08 bits per heavy atom. The van der Waals surface area contributed by atoms with Crippen LogP contribution in [-0.4, -0.2) is 7.05 Å². The standard InChI is InChI=1S/C10H16FNS/c1-10(2,3)9(12-4)8-7(11)5-6-13-8/h5-6,9,12H,1-4H3. The maximum absolute atomic E-state index is 13.3. The van der Waals surface area contributed by atoms with Crippen molar-refractivity contribution < 1.29 is 4.39 Å². The van der Waals surface area contributed by atoms with Crippen LogP contribution in [0.2, 0.25) is 0 Å². The van der Waals surface area contributed by atoms with Gasteiger partial charge in [-0.1, -0.05) is 20.8 Å². The van der Waals surface area contributed by atoms with Crippen LogP contribution in [-0.2, 0) is 0 Å². The fourth-order valence-electron chi connectivity index (χ4n) is 1.47. The van der Waals surface area contributed by atoms with Gasteiger partial charge in [0.25, 0.3) is 0 Å². The van der Waals surface area contributed by atoms with Crippen LogP contribution in [0.15, 0.2) is 11.4 Å². The molecule has 1 N–H and O–H groups in total. The van der Waals surface area contributed by atoms with E-state index in [0.29, 0.717) is 0 Å². The van der Waals surface area contributed by atoms with Gasteiger partial charge in [-0.15, -0.1) is 11.3 Å². The van der Waals surface area contributed by atoms with Crippen LogP contribution in [0.5, 0.6) is 0 Å². The van der Waals surface area contributed by atoms with Crippen molar-refractivity contribution in [1.29, 1.82) is 0 Å². The Balaban J connectivity index is 2.98. The summed E-state index contributed by atoms with van der Waals surface area (Å²) in [5, 5.41) is 4.95. The van der Waals surface area contributed by atoms with E-state index in [-0.39, 0.29) is 17.3 Å². The van der Waals surface area contributed by atoms with E-state index < -0.39 is 0 Å². The minimum atomic E-state index is -0.0979. The van der Waals surface area contributed by atoms with Crippen molar-refractivity contribution in [2.75, 3.05) is 7.05 Å². The molecule has 1 aromatic rings. The van der Waals surface area contributed by atoms with Crippen LogP contribution in [0.3, 0.4) is 0 Å². The minimum Gasteiger partial charge on any atom is -0.312 e. The lowest BCUT2D eigenvalue weighted by atomic mass is 9.86. The fraction of sp³-hybridized carbons (Fsp3) is 0.600. The lowest BCUT2D eigenvalue weighted by Crippen LogP contribution is -2.29. The van der Waals surface area contributed by atoms with E-state index in [4.69, 9.17) is 0 Å². The van der Waals surface area contributed by atoms with Gasteiger partial charge in [-0.25, -0.2) is 4.39 Å². The van der Waals surface area contributed by atoms with E-state index in [1.165, 1.54) is 17.4 Å². The summed E-state index contributed by atoms with van der Waals surface area (Å²) in [6.07, 6.45) is 0. The molecule has 1 aromatic heterocycles. The minimum absolute atomic E-state index is 0.0421. The summed E-state index contributed by atoms with van der Waals surface area (Å²) in [5.74, 6) is -0.0979. The predicted molar refractivity (Wildman–Crippen MR) is 55.5 cm³/mol. The van der Waals surface area contributed by atoms with Crippen LogP contribution < -0.4 is 5.32 Å². The Bertz CT molecular complexity index is 275. The highest BCUT2D eigenvalue weighted by molar-refractivity contribution is 7.10. The van der Waals surface area contributed by atoms with Gasteiger partial charge in [-0.2, -0.15) is 0 Å². The van der Waals surface area contributed by atoms with E-state index in [0.717, 1.165) is 4.88 Å². The molecule has 0 radical (unpaired) electrons. The van der Waals surface area contributed by atoms with E-state index in [1.807, 2.05) is 7.05 Å². The molecular weight excluding hydrogens is 185 g/mol. The first-order valence-electron chi connectivity index (χ1n) is 4.37. The van der Waals surface area contributed by atoms with Crippen molar-refractivity contribution in [2.45, 2.75) is 26.8 Å². The zero-order chi connectivity index (χ0) is 10.1. The molecule has 0 fully saturated rings. The van der Waals surface area contributed by atoms with E-state index in [1.54, 1.807) is 5.38 Å². The molecule has 0 aliphatic rings. The largest absolute Gasteiger partial charge is 0.312 e. The molecule has 1 unspecified atom stereocenters. The summed E-state index contributed by atoms with van der Waals surface area (Å²) >= 11 is 1.47. The number of hydrogen-bond acceptors (Lipinski definition) is 2. The molecule has 13 heavy (non-hydrogen) atoms. The molecule has 1 heterocycles. The topological polar surface area (TPSA) is 12.0 Å². The van der Waals surface area contributed by atoms with Gasteiger partial charge in [0, 0.05) is 6.04 Å². The smallest absolute Gasteiger partial charge is 0.138 e. The van der Waals surface area contributed by atoms with Crippen LogP contribution in [0, 0.1) is 11.2 Å². The second-order valence-electron chi connectivity index (χ2n) is 4.22. The summed E-state index contributed by atoms with van der Waals surface area (Å²) in [4.78, 5) is 0.801. The third-order valence-corrected chi connectivity index (χ3v) is 3.02. The normalized spacial score (nSPS) is 14.5. The molecule has 1 rings (SSSR count). The second-order valence-corrected chi connectivity index (χ2v) is 5.17. The molecular formula is C10H16FNS. The number of rotatable bonds is 2. The van der Waals surface area contributed by atoms with Gasteiger partial charge >= 0.3 is 0 Å². The summed E-state index contributed by atoms with van der Waals surface area (Å²) in [6.45, 7) is 6.31. The first-order chi connectivity index (χ1) is 5.96. The number of halogens is 1. The first kappa shape index (κ1) is 10.7. The SMILES string of the molecule is CNC(c1sccc1F)C(C)(C)C. The van der Waals surface area contributed by atoms with Gasteiger partial charge < -0.3 is 5.32 Å².